The van der Waals surface area contributed by atoms with Crippen molar-refractivity contribution in [1.82, 2.24) is 5.32 Å². The van der Waals surface area contributed by atoms with Gasteiger partial charge in [-0.1, -0.05) is 54.2 Å². The monoisotopic (exact) mass is 321 g/mol. The zero-order valence-electron chi connectivity index (χ0n) is 11.8. The summed E-state index contributed by atoms with van der Waals surface area (Å²) in [4.78, 5) is 0. The van der Waals surface area contributed by atoms with Gasteiger partial charge in [-0.2, -0.15) is 0 Å². The van der Waals surface area contributed by atoms with Gasteiger partial charge in [0.1, 0.15) is 0 Å². The average molecular weight is 322 g/mol. The van der Waals surface area contributed by atoms with Gasteiger partial charge in [0.25, 0.3) is 0 Å². The summed E-state index contributed by atoms with van der Waals surface area (Å²) in [5, 5.41) is 3.63. The van der Waals surface area contributed by atoms with Gasteiger partial charge < -0.3 is 5.32 Å². The Morgan fingerprint density at radius 2 is 1.95 bits per heavy atom. The van der Waals surface area contributed by atoms with Crippen molar-refractivity contribution in [1.29, 1.82) is 0 Å². The van der Waals surface area contributed by atoms with Crippen LogP contribution in [0.2, 0.25) is 0 Å². The van der Waals surface area contributed by atoms with Crippen molar-refractivity contribution in [2.24, 2.45) is 11.3 Å². The lowest BCUT2D eigenvalue weighted by atomic mass is 9.56. The highest BCUT2D eigenvalue weighted by Gasteiger charge is 2.46. The smallest absolute Gasteiger partial charge is 0.0175 e. The Bertz CT molecular complexity index is 421. The molecular weight excluding hydrogens is 298 g/mol. The quantitative estimate of drug-likeness (QED) is 0.789. The van der Waals surface area contributed by atoms with Gasteiger partial charge in [-0.3, -0.25) is 0 Å². The highest BCUT2D eigenvalue weighted by molar-refractivity contribution is 9.10. The first-order chi connectivity index (χ1) is 9.22. The normalized spacial score (nSPS) is 35.5. The molecule has 2 aliphatic rings. The molecule has 1 spiro atoms. The number of nitrogens with one attached hydrogen (secondary N) is 1. The van der Waals surface area contributed by atoms with E-state index in [0.717, 1.165) is 12.5 Å². The maximum absolute atomic E-state index is 3.63. The van der Waals surface area contributed by atoms with Crippen LogP contribution in [0.4, 0.5) is 0 Å². The third-order valence-electron chi connectivity index (χ3n) is 5.59. The van der Waals surface area contributed by atoms with Crippen molar-refractivity contribution in [2.45, 2.75) is 44.9 Å². The Morgan fingerprint density at radius 1 is 1.16 bits per heavy atom. The van der Waals surface area contributed by atoms with Gasteiger partial charge in [0.15, 0.2) is 0 Å². The van der Waals surface area contributed by atoms with E-state index in [1.54, 1.807) is 0 Å². The Balaban J connectivity index is 1.94. The van der Waals surface area contributed by atoms with E-state index in [9.17, 15) is 0 Å². The number of hydrogen-bond acceptors (Lipinski definition) is 1. The molecule has 0 radical (unpaired) electrons. The molecule has 1 saturated heterocycles. The molecular formula is C17H24BrN. The molecule has 3 atom stereocenters. The van der Waals surface area contributed by atoms with Gasteiger partial charge in [0.2, 0.25) is 0 Å². The van der Waals surface area contributed by atoms with E-state index in [-0.39, 0.29) is 0 Å². The largest absolute Gasteiger partial charge is 0.316 e. The Labute approximate surface area is 125 Å². The Kier molecular flexibility index (Phi) is 4.00. The number of rotatable bonds is 1. The molecule has 3 unspecified atom stereocenters. The summed E-state index contributed by atoms with van der Waals surface area (Å²) >= 11 is 3.55. The van der Waals surface area contributed by atoms with Crippen LogP contribution in [0.5, 0.6) is 0 Å². The molecule has 0 bridgehead atoms. The van der Waals surface area contributed by atoms with Crippen molar-refractivity contribution in [2.75, 3.05) is 13.1 Å². The number of halogens is 1. The first kappa shape index (κ1) is 13.6. The van der Waals surface area contributed by atoms with Gasteiger partial charge >= 0.3 is 0 Å². The minimum atomic E-state index is 0.553. The molecule has 1 N–H and O–H groups in total. The summed E-state index contributed by atoms with van der Waals surface area (Å²) in [6, 6.07) is 9.05. The molecule has 1 nitrogen and oxygen atoms in total. The van der Waals surface area contributed by atoms with E-state index in [1.165, 1.54) is 48.7 Å². The highest BCUT2D eigenvalue weighted by Crippen LogP contribution is 2.54. The van der Waals surface area contributed by atoms with E-state index in [1.807, 2.05) is 0 Å². The molecule has 1 saturated carbocycles. The molecule has 1 heterocycles. The van der Waals surface area contributed by atoms with Crippen LogP contribution < -0.4 is 5.32 Å². The van der Waals surface area contributed by atoms with Crippen molar-refractivity contribution < 1.29 is 0 Å². The highest BCUT2D eigenvalue weighted by atomic mass is 79.9. The maximum atomic E-state index is 3.63. The molecule has 104 valence electrons. The first-order valence-corrected chi connectivity index (χ1v) is 8.48. The van der Waals surface area contributed by atoms with Crippen LogP contribution in [0.3, 0.4) is 0 Å². The van der Waals surface area contributed by atoms with Crippen LogP contribution in [0, 0.1) is 11.3 Å². The van der Waals surface area contributed by atoms with Crippen LogP contribution >= 0.6 is 15.9 Å². The molecule has 0 aromatic heterocycles. The summed E-state index contributed by atoms with van der Waals surface area (Å²) in [7, 11) is 0. The van der Waals surface area contributed by atoms with E-state index < -0.39 is 0 Å². The topological polar surface area (TPSA) is 12.0 Å². The second-order valence-corrected chi connectivity index (χ2v) is 7.35. The molecule has 1 aromatic carbocycles. The van der Waals surface area contributed by atoms with Gasteiger partial charge in [0, 0.05) is 16.9 Å². The minimum absolute atomic E-state index is 0.553. The van der Waals surface area contributed by atoms with Crippen molar-refractivity contribution >= 4 is 15.9 Å². The SMILES string of the molecule is CC1CCCCC12CCNCC2c1ccc(Br)cc1. The molecule has 1 aliphatic carbocycles. The summed E-state index contributed by atoms with van der Waals surface area (Å²) in [6.07, 6.45) is 7.07. The summed E-state index contributed by atoms with van der Waals surface area (Å²) in [6.45, 7) is 4.86. The summed E-state index contributed by atoms with van der Waals surface area (Å²) < 4.78 is 1.19. The molecule has 2 heteroatoms. The van der Waals surface area contributed by atoms with E-state index in [2.05, 4.69) is 52.4 Å². The minimum Gasteiger partial charge on any atom is -0.316 e. The first-order valence-electron chi connectivity index (χ1n) is 7.68. The number of hydrogen-bond donors (Lipinski definition) is 1. The van der Waals surface area contributed by atoms with Gasteiger partial charge in [-0.05, 0) is 48.4 Å². The molecule has 1 aliphatic heterocycles. The zero-order chi connectivity index (χ0) is 13.3. The zero-order valence-corrected chi connectivity index (χ0v) is 13.4. The summed E-state index contributed by atoms with van der Waals surface area (Å²) in [5.74, 6) is 1.57. The lowest BCUT2D eigenvalue weighted by Crippen LogP contribution is -2.48. The predicted molar refractivity (Wildman–Crippen MR) is 84.4 cm³/mol. The molecule has 19 heavy (non-hydrogen) atoms. The molecule has 1 aromatic rings. The fraction of sp³-hybridized carbons (Fsp3) is 0.647. The lowest BCUT2D eigenvalue weighted by Gasteiger charge is -2.51. The fourth-order valence-corrected chi connectivity index (χ4v) is 4.68. The Morgan fingerprint density at radius 3 is 2.68 bits per heavy atom. The van der Waals surface area contributed by atoms with E-state index >= 15 is 0 Å². The Hall–Kier alpha value is -0.340. The number of benzene rings is 1. The van der Waals surface area contributed by atoms with Gasteiger partial charge in [-0.25, -0.2) is 0 Å². The van der Waals surface area contributed by atoms with E-state index in [4.69, 9.17) is 0 Å². The fourth-order valence-electron chi connectivity index (χ4n) is 4.42. The van der Waals surface area contributed by atoms with Crippen molar-refractivity contribution in [3.05, 3.63) is 34.3 Å². The third kappa shape index (κ3) is 2.50. The standard InChI is InChI=1S/C17H24BrN/c1-13-4-2-3-9-17(13)10-11-19-12-16(17)14-5-7-15(18)8-6-14/h5-8,13,16,19H,2-4,9-12H2,1H3. The van der Waals surface area contributed by atoms with Crippen LogP contribution in [-0.4, -0.2) is 13.1 Å². The van der Waals surface area contributed by atoms with Crippen molar-refractivity contribution in [3.8, 4) is 0 Å². The van der Waals surface area contributed by atoms with Crippen LogP contribution in [0.15, 0.2) is 28.7 Å². The van der Waals surface area contributed by atoms with Gasteiger partial charge in [-0.15, -0.1) is 0 Å². The van der Waals surface area contributed by atoms with Crippen molar-refractivity contribution in [3.63, 3.8) is 0 Å². The third-order valence-corrected chi connectivity index (χ3v) is 6.12. The van der Waals surface area contributed by atoms with Crippen LogP contribution in [-0.2, 0) is 0 Å². The molecule has 3 rings (SSSR count). The second-order valence-electron chi connectivity index (χ2n) is 6.44. The average Bonchev–Trinajstić information content (AvgIpc) is 2.44. The predicted octanol–water partition coefficient (Wildman–Crippen LogP) is 4.72. The second kappa shape index (κ2) is 5.57. The van der Waals surface area contributed by atoms with Crippen LogP contribution in [0.1, 0.15) is 50.5 Å². The number of piperidine rings is 1. The van der Waals surface area contributed by atoms with Crippen LogP contribution in [0.25, 0.3) is 0 Å². The van der Waals surface area contributed by atoms with E-state index in [0.29, 0.717) is 11.3 Å². The molecule has 0 amide bonds. The van der Waals surface area contributed by atoms with Gasteiger partial charge in [0.05, 0.1) is 0 Å². The maximum Gasteiger partial charge on any atom is 0.0175 e. The lowest BCUT2D eigenvalue weighted by molar-refractivity contribution is 0.0419. The molecule has 2 fully saturated rings. The summed E-state index contributed by atoms with van der Waals surface area (Å²) in [5.41, 5.74) is 2.08.